The largest absolute Gasteiger partial charge is 0.310 e. The third kappa shape index (κ3) is 5.51. The van der Waals surface area contributed by atoms with Gasteiger partial charge >= 0.3 is 0 Å². The molecule has 52 heavy (non-hydrogen) atoms. The summed E-state index contributed by atoms with van der Waals surface area (Å²) in [5.41, 5.74) is 10.7. The number of para-hydroxylation sites is 1. The third-order valence-electron chi connectivity index (χ3n) is 10.2. The van der Waals surface area contributed by atoms with Crippen molar-refractivity contribution in [2.75, 3.05) is 4.90 Å². The minimum absolute atomic E-state index is 1.12. The Bertz CT molecular complexity index is 2890. The van der Waals surface area contributed by atoms with E-state index in [1.807, 2.05) is 11.3 Å². The normalized spacial score (nSPS) is 11.5. The molecule has 0 amide bonds. The maximum Gasteiger partial charge on any atom is 0.0468 e. The number of anilines is 3. The standard InChI is InChI=1S/C50H33NS/c1-2-10-44(11-3-1)51(45-26-22-37(23-27-45)42-25-29-50-48(33-42)47-12-6-7-13-49(47)52-50)46-28-24-38-19-21-41(31-43(38)32-46)36-16-14-35(15-17-36)40-20-18-34-8-4-5-9-39(34)30-40/h1-33H. The predicted octanol–water partition coefficient (Wildman–Crippen LogP) is 14.8. The second-order valence-electron chi connectivity index (χ2n) is 13.4. The molecule has 0 aliphatic heterocycles. The van der Waals surface area contributed by atoms with Crippen molar-refractivity contribution < 1.29 is 0 Å². The molecule has 0 unspecified atom stereocenters. The molecule has 0 bridgehead atoms. The Labute approximate surface area is 307 Å². The van der Waals surface area contributed by atoms with Crippen LogP contribution in [0.3, 0.4) is 0 Å². The van der Waals surface area contributed by atoms with E-state index in [1.165, 1.54) is 75.1 Å². The molecule has 0 spiro atoms. The van der Waals surface area contributed by atoms with Gasteiger partial charge in [0, 0.05) is 37.2 Å². The molecule has 9 aromatic carbocycles. The van der Waals surface area contributed by atoms with Gasteiger partial charge in [0.2, 0.25) is 0 Å². The van der Waals surface area contributed by atoms with Crippen molar-refractivity contribution >= 4 is 70.1 Å². The van der Waals surface area contributed by atoms with Gasteiger partial charge < -0.3 is 4.90 Å². The van der Waals surface area contributed by atoms with Crippen molar-refractivity contribution in [3.8, 4) is 33.4 Å². The highest BCUT2D eigenvalue weighted by Gasteiger charge is 2.14. The highest BCUT2D eigenvalue weighted by molar-refractivity contribution is 7.25. The Hall–Kier alpha value is -6.48. The predicted molar refractivity (Wildman–Crippen MR) is 225 cm³/mol. The zero-order valence-corrected chi connectivity index (χ0v) is 29.2. The van der Waals surface area contributed by atoms with Gasteiger partial charge in [0.15, 0.2) is 0 Å². The van der Waals surface area contributed by atoms with Crippen molar-refractivity contribution in [3.05, 3.63) is 200 Å². The van der Waals surface area contributed by atoms with Gasteiger partial charge in [0.25, 0.3) is 0 Å². The highest BCUT2D eigenvalue weighted by atomic mass is 32.1. The van der Waals surface area contributed by atoms with Crippen LogP contribution in [0.1, 0.15) is 0 Å². The monoisotopic (exact) mass is 679 g/mol. The van der Waals surface area contributed by atoms with Crippen molar-refractivity contribution in [1.29, 1.82) is 0 Å². The molecule has 10 rings (SSSR count). The summed E-state index contributed by atoms with van der Waals surface area (Å²) in [6.07, 6.45) is 0. The molecule has 0 fully saturated rings. The number of hydrogen-bond donors (Lipinski definition) is 0. The van der Waals surface area contributed by atoms with Crippen LogP contribution in [-0.2, 0) is 0 Å². The molecule has 2 heteroatoms. The number of nitrogens with zero attached hydrogens (tertiary/aromatic N) is 1. The molecule has 0 radical (unpaired) electrons. The quantitative estimate of drug-likeness (QED) is 0.169. The fourth-order valence-corrected chi connectivity index (χ4v) is 8.60. The number of benzene rings is 9. The van der Waals surface area contributed by atoms with Gasteiger partial charge in [-0.2, -0.15) is 0 Å². The highest BCUT2D eigenvalue weighted by Crippen LogP contribution is 2.40. The molecule has 1 aromatic heterocycles. The second kappa shape index (κ2) is 12.7. The maximum absolute atomic E-state index is 2.35. The first-order valence-electron chi connectivity index (χ1n) is 17.7. The Balaban J connectivity index is 0.984. The Morgan fingerprint density at radius 2 is 0.750 bits per heavy atom. The summed E-state index contributed by atoms with van der Waals surface area (Å²) < 4.78 is 2.66. The van der Waals surface area contributed by atoms with E-state index in [1.54, 1.807) is 0 Å². The summed E-state index contributed by atoms with van der Waals surface area (Å²) in [5.74, 6) is 0. The zero-order valence-electron chi connectivity index (χ0n) is 28.4. The van der Waals surface area contributed by atoms with Crippen molar-refractivity contribution in [2.45, 2.75) is 0 Å². The fraction of sp³-hybridized carbons (Fsp3) is 0. The van der Waals surface area contributed by atoms with Crippen LogP contribution in [0.4, 0.5) is 17.1 Å². The average Bonchev–Trinajstić information content (AvgIpc) is 3.59. The van der Waals surface area contributed by atoms with Crippen LogP contribution in [0.25, 0.3) is 75.1 Å². The van der Waals surface area contributed by atoms with E-state index in [-0.39, 0.29) is 0 Å². The molecule has 1 heterocycles. The van der Waals surface area contributed by atoms with E-state index in [4.69, 9.17) is 0 Å². The first-order chi connectivity index (χ1) is 25.7. The lowest BCUT2D eigenvalue weighted by Crippen LogP contribution is -2.09. The molecule has 0 aliphatic rings. The van der Waals surface area contributed by atoms with E-state index in [2.05, 4.69) is 205 Å². The lowest BCUT2D eigenvalue weighted by Gasteiger charge is -2.26. The number of fused-ring (bicyclic) bond motifs is 5. The van der Waals surface area contributed by atoms with Crippen LogP contribution >= 0.6 is 11.3 Å². The summed E-state index contributed by atoms with van der Waals surface area (Å²) in [6, 6.07) is 73.0. The van der Waals surface area contributed by atoms with Crippen LogP contribution in [0.2, 0.25) is 0 Å². The summed E-state index contributed by atoms with van der Waals surface area (Å²) in [7, 11) is 0. The minimum Gasteiger partial charge on any atom is -0.310 e. The van der Waals surface area contributed by atoms with Gasteiger partial charge in [-0.25, -0.2) is 0 Å². The summed E-state index contributed by atoms with van der Waals surface area (Å²) in [4.78, 5) is 2.35. The van der Waals surface area contributed by atoms with Crippen LogP contribution < -0.4 is 4.90 Å². The SMILES string of the molecule is c1ccc(N(c2ccc(-c3ccc4sc5ccccc5c4c3)cc2)c2ccc3ccc(-c4ccc(-c5ccc6ccccc6c5)cc4)cc3c2)cc1. The molecular weight excluding hydrogens is 647 g/mol. The topological polar surface area (TPSA) is 3.24 Å². The molecule has 0 aliphatic carbocycles. The van der Waals surface area contributed by atoms with Gasteiger partial charge in [-0.3, -0.25) is 0 Å². The van der Waals surface area contributed by atoms with Crippen LogP contribution in [0.15, 0.2) is 200 Å². The minimum atomic E-state index is 1.12. The van der Waals surface area contributed by atoms with Gasteiger partial charge in [0.1, 0.15) is 0 Å². The van der Waals surface area contributed by atoms with Crippen molar-refractivity contribution in [2.24, 2.45) is 0 Å². The van der Waals surface area contributed by atoms with E-state index >= 15 is 0 Å². The Kier molecular flexibility index (Phi) is 7.41. The van der Waals surface area contributed by atoms with E-state index in [0.29, 0.717) is 0 Å². The van der Waals surface area contributed by atoms with Crippen molar-refractivity contribution in [3.63, 3.8) is 0 Å². The smallest absolute Gasteiger partial charge is 0.0468 e. The lowest BCUT2D eigenvalue weighted by atomic mass is 9.97. The van der Waals surface area contributed by atoms with Gasteiger partial charge in [-0.05, 0) is 122 Å². The third-order valence-corrected chi connectivity index (χ3v) is 11.4. The fourth-order valence-electron chi connectivity index (χ4n) is 7.51. The van der Waals surface area contributed by atoms with Gasteiger partial charge in [-0.1, -0.05) is 133 Å². The molecule has 0 saturated heterocycles. The number of rotatable bonds is 6. The molecule has 1 nitrogen and oxygen atoms in total. The van der Waals surface area contributed by atoms with Crippen LogP contribution in [0, 0.1) is 0 Å². The second-order valence-corrected chi connectivity index (χ2v) is 14.5. The van der Waals surface area contributed by atoms with E-state index in [9.17, 15) is 0 Å². The number of hydrogen-bond acceptors (Lipinski definition) is 2. The molecule has 0 atom stereocenters. The number of thiophene rings is 1. The summed E-state index contributed by atoms with van der Waals surface area (Å²) in [6.45, 7) is 0. The maximum atomic E-state index is 2.35. The first kappa shape index (κ1) is 30.4. The zero-order chi connectivity index (χ0) is 34.4. The Morgan fingerprint density at radius 1 is 0.269 bits per heavy atom. The first-order valence-corrected chi connectivity index (χ1v) is 18.6. The average molecular weight is 680 g/mol. The van der Waals surface area contributed by atoms with E-state index in [0.717, 1.165) is 17.1 Å². The Morgan fingerprint density at radius 3 is 1.50 bits per heavy atom. The molecular formula is C50H33NS. The van der Waals surface area contributed by atoms with Crippen molar-refractivity contribution in [1.82, 2.24) is 0 Å². The van der Waals surface area contributed by atoms with Crippen LogP contribution in [0.5, 0.6) is 0 Å². The molecule has 0 saturated carbocycles. The van der Waals surface area contributed by atoms with Gasteiger partial charge in [0.05, 0.1) is 0 Å². The summed E-state index contributed by atoms with van der Waals surface area (Å²) in [5, 5.41) is 7.61. The van der Waals surface area contributed by atoms with E-state index < -0.39 is 0 Å². The van der Waals surface area contributed by atoms with Gasteiger partial charge in [-0.15, -0.1) is 11.3 Å². The molecule has 244 valence electrons. The molecule has 0 N–H and O–H groups in total. The molecule has 10 aromatic rings. The summed E-state index contributed by atoms with van der Waals surface area (Å²) >= 11 is 1.86. The van der Waals surface area contributed by atoms with Crippen LogP contribution in [-0.4, -0.2) is 0 Å². The lowest BCUT2D eigenvalue weighted by molar-refractivity contribution is 1.29.